The van der Waals surface area contributed by atoms with Gasteiger partial charge in [-0.15, -0.1) is 11.3 Å². The third kappa shape index (κ3) is 2.76. The molecule has 0 N–H and O–H groups in total. The lowest BCUT2D eigenvalue weighted by atomic mass is 10.2. The van der Waals surface area contributed by atoms with E-state index in [4.69, 9.17) is 0 Å². The standard InChI is InChI=1S/C16H13BrN2S/c1-19-15(12-7-9-13(17)10-8-12)11-20-16(19)18-14-5-3-2-4-6-14/h2-11H,1H3. The van der Waals surface area contributed by atoms with E-state index in [0.717, 1.165) is 15.0 Å². The molecule has 0 amide bonds. The predicted octanol–water partition coefficient (Wildman–Crippen LogP) is 4.75. The summed E-state index contributed by atoms with van der Waals surface area (Å²) in [6, 6.07) is 18.4. The maximum absolute atomic E-state index is 4.68. The molecule has 0 saturated carbocycles. The Labute approximate surface area is 130 Å². The van der Waals surface area contributed by atoms with Gasteiger partial charge in [0.05, 0.1) is 11.4 Å². The van der Waals surface area contributed by atoms with Crippen molar-refractivity contribution >= 4 is 33.0 Å². The second-order valence-electron chi connectivity index (χ2n) is 4.42. The molecule has 0 saturated heterocycles. The molecule has 100 valence electrons. The van der Waals surface area contributed by atoms with Gasteiger partial charge in [-0.2, -0.15) is 0 Å². The zero-order valence-electron chi connectivity index (χ0n) is 11.0. The van der Waals surface area contributed by atoms with Gasteiger partial charge in [-0.1, -0.05) is 46.3 Å². The van der Waals surface area contributed by atoms with Crippen LogP contribution in [0, 0.1) is 0 Å². The van der Waals surface area contributed by atoms with Crippen molar-refractivity contribution in [2.75, 3.05) is 0 Å². The molecule has 0 spiro atoms. The highest BCUT2D eigenvalue weighted by Crippen LogP contribution is 2.22. The minimum atomic E-state index is 0.979. The number of benzene rings is 2. The highest BCUT2D eigenvalue weighted by molar-refractivity contribution is 9.10. The Morgan fingerprint density at radius 3 is 2.40 bits per heavy atom. The summed E-state index contributed by atoms with van der Waals surface area (Å²) in [7, 11) is 2.05. The summed E-state index contributed by atoms with van der Waals surface area (Å²) in [5.74, 6) is 0. The van der Waals surface area contributed by atoms with Crippen LogP contribution >= 0.6 is 27.3 Å². The summed E-state index contributed by atoms with van der Waals surface area (Å²) in [5.41, 5.74) is 3.35. The molecule has 1 aromatic heterocycles. The minimum Gasteiger partial charge on any atom is -0.320 e. The molecular formula is C16H13BrN2S. The van der Waals surface area contributed by atoms with Gasteiger partial charge in [-0.25, -0.2) is 4.99 Å². The molecule has 4 heteroatoms. The van der Waals surface area contributed by atoms with Crippen LogP contribution in [-0.2, 0) is 7.05 Å². The number of nitrogens with zero attached hydrogens (tertiary/aromatic N) is 2. The maximum atomic E-state index is 4.68. The first-order valence-electron chi connectivity index (χ1n) is 6.24. The molecule has 0 atom stereocenters. The average molecular weight is 345 g/mol. The van der Waals surface area contributed by atoms with E-state index < -0.39 is 0 Å². The number of aromatic nitrogens is 1. The Bertz CT molecular complexity index is 770. The Morgan fingerprint density at radius 1 is 1.00 bits per heavy atom. The molecule has 3 rings (SSSR count). The summed E-state index contributed by atoms with van der Waals surface area (Å²) < 4.78 is 3.22. The van der Waals surface area contributed by atoms with E-state index in [2.05, 4.69) is 62.2 Å². The van der Waals surface area contributed by atoms with Crippen LogP contribution in [0.15, 0.2) is 69.4 Å². The quantitative estimate of drug-likeness (QED) is 0.638. The second kappa shape index (κ2) is 5.77. The lowest BCUT2D eigenvalue weighted by Gasteiger charge is -2.03. The fourth-order valence-corrected chi connectivity index (χ4v) is 3.16. The van der Waals surface area contributed by atoms with E-state index in [1.54, 1.807) is 11.3 Å². The maximum Gasteiger partial charge on any atom is 0.190 e. The van der Waals surface area contributed by atoms with Crippen molar-refractivity contribution in [1.29, 1.82) is 0 Å². The van der Waals surface area contributed by atoms with Gasteiger partial charge in [-0.3, -0.25) is 0 Å². The van der Waals surface area contributed by atoms with Crippen LogP contribution in [0.2, 0.25) is 0 Å². The molecule has 0 bridgehead atoms. The van der Waals surface area contributed by atoms with Crippen LogP contribution in [0.4, 0.5) is 5.69 Å². The minimum absolute atomic E-state index is 0.979. The van der Waals surface area contributed by atoms with Gasteiger partial charge in [0.1, 0.15) is 0 Å². The van der Waals surface area contributed by atoms with Crippen molar-refractivity contribution in [3.8, 4) is 11.3 Å². The van der Waals surface area contributed by atoms with Gasteiger partial charge in [0.15, 0.2) is 4.80 Å². The van der Waals surface area contributed by atoms with Crippen molar-refractivity contribution in [3.63, 3.8) is 0 Å². The normalized spacial score (nSPS) is 11.8. The van der Waals surface area contributed by atoms with Crippen molar-refractivity contribution in [2.24, 2.45) is 12.0 Å². The molecule has 0 aliphatic carbocycles. The van der Waals surface area contributed by atoms with Gasteiger partial charge >= 0.3 is 0 Å². The number of para-hydroxylation sites is 1. The van der Waals surface area contributed by atoms with Crippen LogP contribution in [0.25, 0.3) is 11.3 Å². The first-order valence-corrected chi connectivity index (χ1v) is 7.91. The Kier molecular flexibility index (Phi) is 3.85. The highest BCUT2D eigenvalue weighted by Gasteiger charge is 2.04. The van der Waals surface area contributed by atoms with Crippen LogP contribution in [0.3, 0.4) is 0 Å². The van der Waals surface area contributed by atoms with Gasteiger partial charge in [0, 0.05) is 16.9 Å². The number of hydrogen-bond donors (Lipinski definition) is 0. The summed E-state index contributed by atoms with van der Waals surface area (Å²) in [5, 5.41) is 2.14. The van der Waals surface area contributed by atoms with Crippen LogP contribution in [0.5, 0.6) is 0 Å². The topological polar surface area (TPSA) is 17.3 Å². The zero-order valence-corrected chi connectivity index (χ0v) is 13.4. The molecule has 0 fully saturated rings. The Hall–Kier alpha value is -1.65. The lowest BCUT2D eigenvalue weighted by Crippen LogP contribution is -2.10. The molecule has 1 heterocycles. The molecule has 20 heavy (non-hydrogen) atoms. The smallest absolute Gasteiger partial charge is 0.190 e. The fourth-order valence-electron chi connectivity index (χ4n) is 1.97. The number of thiazole rings is 1. The van der Waals surface area contributed by atoms with Crippen LogP contribution < -0.4 is 4.80 Å². The van der Waals surface area contributed by atoms with Gasteiger partial charge in [-0.05, 0) is 29.8 Å². The monoisotopic (exact) mass is 344 g/mol. The van der Waals surface area contributed by atoms with Gasteiger partial charge in [0.2, 0.25) is 0 Å². The van der Waals surface area contributed by atoms with E-state index in [9.17, 15) is 0 Å². The molecule has 2 nitrogen and oxygen atoms in total. The van der Waals surface area contributed by atoms with E-state index in [1.165, 1.54) is 11.3 Å². The van der Waals surface area contributed by atoms with Crippen LogP contribution in [-0.4, -0.2) is 4.57 Å². The van der Waals surface area contributed by atoms with Crippen LogP contribution in [0.1, 0.15) is 0 Å². The fraction of sp³-hybridized carbons (Fsp3) is 0.0625. The average Bonchev–Trinajstić information content (AvgIpc) is 2.83. The van der Waals surface area contributed by atoms with Crippen molar-refractivity contribution < 1.29 is 0 Å². The molecule has 0 aliphatic heterocycles. The summed E-state index contributed by atoms with van der Waals surface area (Å²) in [6.45, 7) is 0. The largest absolute Gasteiger partial charge is 0.320 e. The Morgan fingerprint density at radius 2 is 1.70 bits per heavy atom. The predicted molar refractivity (Wildman–Crippen MR) is 88.1 cm³/mol. The van der Waals surface area contributed by atoms with Crippen molar-refractivity contribution in [3.05, 3.63) is 69.3 Å². The summed E-state index contributed by atoms with van der Waals surface area (Å²) >= 11 is 5.12. The third-order valence-corrected chi connectivity index (χ3v) is 4.49. The number of halogens is 1. The third-order valence-electron chi connectivity index (χ3n) is 3.05. The van der Waals surface area contributed by atoms with E-state index in [-0.39, 0.29) is 0 Å². The summed E-state index contributed by atoms with van der Waals surface area (Å²) in [4.78, 5) is 5.67. The lowest BCUT2D eigenvalue weighted by molar-refractivity contribution is 0.883. The van der Waals surface area contributed by atoms with Crippen molar-refractivity contribution in [2.45, 2.75) is 0 Å². The van der Waals surface area contributed by atoms with Crippen molar-refractivity contribution in [1.82, 2.24) is 4.57 Å². The van der Waals surface area contributed by atoms with Gasteiger partial charge in [0.25, 0.3) is 0 Å². The number of hydrogen-bond acceptors (Lipinski definition) is 2. The zero-order chi connectivity index (χ0) is 13.9. The first kappa shape index (κ1) is 13.3. The van der Waals surface area contributed by atoms with E-state index >= 15 is 0 Å². The molecule has 0 aliphatic rings. The molecule has 3 aromatic rings. The first-order chi connectivity index (χ1) is 9.74. The van der Waals surface area contributed by atoms with Gasteiger partial charge < -0.3 is 4.57 Å². The highest BCUT2D eigenvalue weighted by atomic mass is 79.9. The second-order valence-corrected chi connectivity index (χ2v) is 6.17. The molecule has 0 unspecified atom stereocenters. The summed E-state index contributed by atoms with van der Waals surface area (Å²) in [6.07, 6.45) is 0. The molecule has 0 radical (unpaired) electrons. The van der Waals surface area contributed by atoms with E-state index in [0.29, 0.717) is 0 Å². The molecular weight excluding hydrogens is 332 g/mol. The number of rotatable bonds is 2. The van der Waals surface area contributed by atoms with E-state index in [1.807, 2.05) is 30.3 Å². The molecule has 2 aromatic carbocycles. The Balaban J connectivity index is 2.05. The SMILES string of the molecule is Cn1c(-c2ccc(Br)cc2)csc1=Nc1ccccc1.